The fourth-order valence-electron chi connectivity index (χ4n) is 1.92. The first-order valence-corrected chi connectivity index (χ1v) is 10.9. The third kappa shape index (κ3) is 27.9. The molecule has 0 aromatic heterocycles. The van der Waals surface area contributed by atoms with Crippen molar-refractivity contribution in [1.29, 1.82) is 0 Å². The number of nitrogens with zero attached hydrogens (tertiary/aromatic N) is 1. The summed E-state index contributed by atoms with van der Waals surface area (Å²) < 4.78 is 0.844. The van der Waals surface area contributed by atoms with E-state index in [-0.39, 0.29) is 19.8 Å². The van der Waals surface area contributed by atoms with Gasteiger partial charge in [0, 0.05) is 0 Å². The van der Waals surface area contributed by atoms with E-state index in [4.69, 9.17) is 42.1 Å². The van der Waals surface area contributed by atoms with Gasteiger partial charge in [-0.1, -0.05) is 44.2 Å². The fourth-order valence-corrected chi connectivity index (χ4v) is 1.92. The lowest BCUT2D eigenvalue weighted by Crippen LogP contribution is -2.36. The lowest BCUT2D eigenvalue weighted by atomic mass is 10.1. The smallest absolute Gasteiger partial charge is 0.320 e. The lowest BCUT2D eigenvalue weighted by Gasteiger charge is -2.21. The van der Waals surface area contributed by atoms with Gasteiger partial charge in [-0.05, 0) is 24.3 Å². The zero-order valence-corrected chi connectivity index (χ0v) is 21.0. The third-order valence-electron chi connectivity index (χ3n) is 3.85. The van der Waals surface area contributed by atoms with Crippen molar-refractivity contribution in [2.75, 3.05) is 47.5 Å². The molecule has 0 saturated carbocycles. The van der Waals surface area contributed by atoms with Crippen LogP contribution in [0.3, 0.4) is 0 Å². The van der Waals surface area contributed by atoms with Gasteiger partial charge in [-0.2, -0.15) is 0 Å². The number of carboxylic acid groups (broad SMARTS) is 2. The van der Waals surface area contributed by atoms with E-state index in [1.807, 2.05) is 44.2 Å². The highest BCUT2D eigenvalue weighted by Crippen LogP contribution is 2.02. The quantitative estimate of drug-likeness (QED) is 0.189. The van der Waals surface area contributed by atoms with E-state index in [1.54, 1.807) is 0 Å². The molecule has 1 rings (SSSR count). The van der Waals surface area contributed by atoms with Crippen LogP contribution >= 0.6 is 0 Å². The van der Waals surface area contributed by atoms with Crippen LogP contribution in [0, 0.1) is 5.92 Å². The average molecular weight is 493 g/mol. The highest BCUT2D eigenvalue weighted by molar-refractivity contribution is 5.73. The first-order chi connectivity index (χ1) is 15.6. The van der Waals surface area contributed by atoms with Gasteiger partial charge in [-0.3, -0.25) is 9.59 Å². The molecule has 0 spiro atoms. The second kappa shape index (κ2) is 21.4. The van der Waals surface area contributed by atoms with Crippen molar-refractivity contribution in [2.24, 2.45) is 17.4 Å². The molecule has 0 saturated heterocycles. The van der Waals surface area contributed by atoms with Crippen molar-refractivity contribution >= 4 is 11.9 Å². The van der Waals surface area contributed by atoms with Gasteiger partial charge in [0.15, 0.2) is 0 Å². The van der Waals surface area contributed by atoms with Gasteiger partial charge in [0.2, 0.25) is 0 Å². The summed E-state index contributed by atoms with van der Waals surface area (Å²) in [5, 5.41) is 49.2. The Morgan fingerprint density at radius 3 is 1.53 bits per heavy atom. The molecule has 0 heterocycles. The summed E-state index contributed by atoms with van der Waals surface area (Å²) in [7, 11) is 6.16. The van der Waals surface area contributed by atoms with Crippen LogP contribution in [-0.2, 0) is 16.0 Å². The fraction of sp³-hybridized carbons (Fsp3) is 0.652. The van der Waals surface area contributed by atoms with Gasteiger partial charge in [0.05, 0.1) is 41.0 Å². The van der Waals surface area contributed by atoms with Crippen LogP contribution in [0.4, 0.5) is 0 Å². The summed E-state index contributed by atoms with van der Waals surface area (Å²) in [5.41, 5.74) is 11.5. The van der Waals surface area contributed by atoms with E-state index < -0.39 is 30.1 Å². The van der Waals surface area contributed by atoms with Gasteiger partial charge < -0.3 is 46.6 Å². The standard InChI is InChI=1S/C9H11NO2.C6H13NO2.C5H14NO.C3H8O3/c10-8(9(11)12)6-7-4-2-1-3-5-7;1-4(2)3-5(7)6(8)9;1-6(2,3)4-5-7;4-1-3(6)2-5/h1-5,8H,6,10H2,(H,11,12);4-5H,3,7H2,1-2H3,(H,8,9);7H,4-5H2,1-3H3;3-6H,1-2H2/q;;+1;. The van der Waals surface area contributed by atoms with E-state index in [1.165, 1.54) is 0 Å². The summed E-state index contributed by atoms with van der Waals surface area (Å²) in [6, 6.07) is 7.85. The van der Waals surface area contributed by atoms with E-state index >= 15 is 0 Å². The number of aliphatic hydroxyl groups excluding tert-OH is 4. The molecule has 0 bridgehead atoms. The first kappa shape index (κ1) is 36.4. The molecule has 10 N–H and O–H groups in total. The zero-order chi connectivity index (χ0) is 27.3. The average Bonchev–Trinajstić information content (AvgIpc) is 2.73. The Hall–Kier alpha value is -2.12. The normalized spacial score (nSPS) is 12.3. The van der Waals surface area contributed by atoms with Crippen molar-refractivity contribution in [3.8, 4) is 0 Å². The van der Waals surface area contributed by atoms with Crippen LogP contribution in [0.2, 0.25) is 0 Å². The summed E-state index contributed by atoms with van der Waals surface area (Å²) in [6.45, 7) is 4.28. The van der Waals surface area contributed by atoms with Gasteiger partial charge in [-0.15, -0.1) is 0 Å². The SMILES string of the molecule is CC(C)CC(N)C(=O)O.C[N+](C)(C)CCO.NC(Cc1ccccc1)C(=O)O.OCC(O)CO. The highest BCUT2D eigenvalue weighted by atomic mass is 16.4. The van der Waals surface area contributed by atoms with Crippen LogP contribution in [0.5, 0.6) is 0 Å². The number of hydrogen-bond donors (Lipinski definition) is 8. The predicted octanol–water partition coefficient (Wildman–Crippen LogP) is -0.898. The van der Waals surface area contributed by atoms with E-state index in [0.717, 1.165) is 16.6 Å². The molecule has 200 valence electrons. The zero-order valence-electron chi connectivity index (χ0n) is 21.0. The minimum Gasteiger partial charge on any atom is -0.480 e. The lowest BCUT2D eigenvalue weighted by molar-refractivity contribution is -0.870. The van der Waals surface area contributed by atoms with Crippen LogP contribution in [-0.4, -0.2) is 113 Å². The summed E-state index contributed by atoms with van der Waals surface area (Å²) >= 11 is 0. The van der Waals surface area contributed by atoms with E-state index in [9.17, 15) is 9.59 Å². The number of quaternary nitrogens is 1. The van der Waals surface area contributed by atoms with Crippen molar-refractivity contribution in [3.63, 3.8) is 0 Å². The molecule has 1 aromatic rings. The second-order valence-corrected chi connectivity index (χ2v) is 8.97. The van der Waals surface area contributed by atoms with Gasteiger partial charge >= 0.3 is 11.9 Å². The number of aliphatic hydroxyl groups is 4. The first-order valence-electron chi connectivity index (χ1n) is 10.9. The number of hydrogen-bond acceptors (Lipinski definition) is 8. The van der Waals surface area contributed by atoms with Crippen molar-refractivity contribution in [2.45, 2.75) is 44.9 Å². The molecular weight excluding hydrogens is 446 g/mol. The molecule has 0 aliphatic heterocycles. The minimum atomic E-state index is -0.959. The molecule has 2 unspecified atom stereocenters. The Kier molecular flexibility index (Phi) is 23.0. The summed E-state index contributed by atoms with van der Waals surface area (Å²) in [4.78, 5) is 20.5. The van der Waals surface area contributed by atoms with Crippen molar-refractivity contribution in [3.05, 3.63) is 35.9 Å². The molecule has 0 aliphatic rings. The Morgan fingerprint density at radius 1 is 0.882 bits per heavy atom. The molecule has 0 amide bonds. The minimum absolute atomic E-state index is 0.281. The summed E-state index contributed by atoms with van der Waals surface area (Å²) in [6.07, 6.45) is -0.0177. The second-order valence-electron chi connectivity index (χ2n) is 8.97. The Morgan fingerprint density at radius 2 is 1.32 bits per heavy atom. The van der Waals surface area contributed by atoms with Crippen molar-refractivity contribution < 1.29 is 44.7 Å². The topological polar surface area (TPSA) is 208 Å². The van der Waals surface area contributed by atoms with Gasteiger partial charge in [-0.25, -0.2) is 0 Å². The monoisotopic (exact) mass is 492 g/mol. The highest BCUT2D eigenvalue weighted by Gasteiger charge is 2.12. The van der Waals surface area contributed by atoms with E-state index in [0.29, 0.717) is 18.8 Å². The van der Waals surface area contributed by atoms with Gasteiger partial charge in [0.25, 0.3) is 0 Å². The maximum Gasteiger partial charge on any atom is 0.320 e. The molecule has 2 atom stereocenters. The summed E-state index contributed by atoms with van der Waals surface area (Å²) in [5.74, 6) is -1.52. The number of rotatable bonds is 10. The van der Waals surface area contributed by atoms with Crippen LogP contribution < -0.4 is 11.5 Å². The maximum atomic E-state index is 10.4. The number of benzene rings is 1. The number of aliphatic carboxylic acids is 2. The molecule has 0 radical (unpaired) electrons. The van der Waals surface area contributed by atoms with E-state index in [2.05, 4.69) is 21.1 Å². The third-order valence-corrected chi connectivity index (χ3v) is 3.85. The molecule has 11 nitrogen and oxygen atoms in total. The molecule has 0 fully saturated rings. The number of carbonyl (C=O) groups is 2. The van der Waals surface area contributed by atoms with Gasteiger partial charge in [0.1, 0.15) is 24.7 Å². The molecular formula is C23H46N3O8+. The Bertz CT molecular complexity index is 620. The van der Waals surface area contributed by atoms with Crippen LogP contribution in [0.25, 0.3) is 0 Å². The Labute approximate surface area is 202 Å². The largest absolute Gasteiger partial charge is 0.480 e. The number of carboxylic acids is 2. The number of nitrogens with two attached hydrogens (primary N) is 2. The van der Waals surface area contributed by atoms with Crippen LogP contribution in [0.1, 0.15) is 25.8 Å². The molecule has 11 heteroatoms. The Balaban J connectivity index is -0.000000393. The molecule has 0 aliphatic carbocycles. The van der Waals surface area contributed by atoms with Crippen LogP contribution in [0.15, 0.2) is 30.3 Å². The van der Waals surface area contributed by atoms with Crippen molar-refractivity contribution in [1.82, 2.24) is 0 Å². The maximum absolute atomic E-state index is 10.4. The number of likely N-dealkylation sites (N-methyl/N-ethyl adjacent to an activating group) is 1. The molecule has 34 heavy (non-hydrogen) atoms. The molecule has 1 aromatic carbocycles. The predicted molar refractivity (Wildman–Crippen MR) is 131 cm³/mol.